The number of nitrogens with zero attached hydrogens (tertiary/aromatic N) is 2. The van der Waals surface area contributed by atoms with E-state index in [9.17, 15) is 4.79 Å². The van der Waals surface area contributed by atoms with Crippen molar-refractivity contribution in [2.75, 3.05) is 0 Å². The van der Waals surface area contributed by atoms with Crippen LogP contribution in [0, 0.1) is 6.92 Å². The quantitative estimate of drug-likeness (QED) is 0.392. The van der Waals surface area contributed by atoms with Crippen molar-refractivity contribution in [3.05, 3.63) is 113 Å². The monoisotopic (exact) mass is 429 g/mol. The van der Waals surface area contributed by atoms with Gasteiger partial charge in [-0.3, -0.25) is 9.69 Å². The van der Waals surface area contributed by atoms with E-state index >= 15 is 0 Å². The van der Waals surface area contributed by atoms with Crippen molar-refractivity contribution >= 4 is 5.91 Å². The fourth-order valence-electron chi connectivity index (χ4n) is 3.61. The summed E-state index contributed by atoms with van der Waals surface area (Å²) in [4.78, 5) is 19.2. The van der Waals surface area contributed by atoms with Gasteiger partial charge in [-0.1, -0.05) is 54.6 Å². The van der Waals surface area contributed by atoms with E-state index in [1.807, 2.05) is 30.3 Å². The molecule has 0 fully saturated rings. The van der Waals surface area contributed by atoms with Gasteiger partial charge in [0.1, 0.15) is 12.0 Å². The SMILES string of the molecule is Cc1ccccc1CN(Cc1nc(C(=O)NCc2ccco2)co1)[C@H](C)c1ccccc1. The number of carbonyl (C=O) groups excluding carboxylic acids is 1. The summed E-state index contributed by atoms with van der Waals surface area (Å²) in [5, 5.41) is 2.80. The average Bonchev–Trinajstić information content (AvgIpc) is 3.51. The van der Waals surface area contributed by atoms with Crippen LogP contribution in [-0.4, -0.2) is 15.8 Å². The van der Waals surface area contributed by atoms with Gasteiger partial charge in [0.2, 0.25) is 5.89 Å². The van der Waals surface area contributed by atoms with Crippen molar-refractivity contribution in [3.63, 3.8) is 0 Å². The zero-order valence-electron chi connectivity index (χ0n) is 18.3. The Labute approximate surface area is 187 Å². The number of nitrogens with one attached hydrogen (secondary N) is 1. The van der Waals surface area contributed by atoms with Crippen LogP contribution in [0.1, 0.15) is 51.8 Å². The Hall–Kier alpha value is -3.64. The largest absolute Gasteiger partial charge is 0.467 e. The van der Waals surface area contributed by atoms with Crippen LogP contribution < -0.4 is 5.32 Å². The van der Waals surface area contributed by atoms with Gasteiger partial charge < -0.3 is 14.2 Å². The zero-order valence-corrected chi connectivity index (χ0v) is 18.3. The second-order valence-corrected chi connectivity index (χ2v) is 7.81. The van der Waals surface area contributed by atoms with Gasteiger partial charge in [0, 0.05) is 12.6 Å². The lowest BCUT2D eigenvalue weighted by Gasteiger charge is -2.29. The summed E-state index contributed by atoms with van der Waals surface area (Å²) in [5.74, 6) is 0.894. The molecule has 6 heteroatoms. The molecule has 0 radical (unpaired) electrons. The van der Waals surface area contributed by atoms with Crippen LogP contribution in [0.5, 0.6) is 0 Å². The van der Waals surface area contributed by atoms with Gasteiger partial charge in [-0.25, -0.2) is 4.98 Å². The van der Waals surface area contributed by atoms with Crippen molar-refractivity contribution in [2.24, 2.45) is 0 Å². The molecule has 1 atom stereocenters. The molecule has 1 N–H and O–H groups in total. The van der Waals surface area contributed by atoms with Crippen LogP contribution in [-0.2, 0) is 19.6 Å². The number of carbonyl (C=O) groups is 1. The average molecular weight is 430 g/mol. The molecule has 0 bridgehead atoms. The Morgan fingerprint density at radius 1 is 1.00 bits per heavy atom. The Morgan fingerprint density at radius 2 is 1.78 bits per heavy atom. The molecule has 0 aliphatic rings. The molecule has 164 valence electrons. The smallest absolute Gasteiger partial charge is 0.273 e. The highest BCUT2D eigenvalue weighted by Crippen LogP contribution is 2.25. The van der Waals surface area contributed by atoms with Crippen molar-refractivity contribution < 1.29 is 13.6 Å². The Bertz CT molecular complexity index is 1140. The molecule has 0 saturated heterocycles. The van der Waals surface area contributed by atoms with Gasteiger partial charge in [-0.15, -0.1) is 0 Å². The second kappa shape index (κ2) is 10.1. The highest BCUT2D eigenvalue weighted by atomic mass is 16.3. The van der Waals surface area contributed by atoms with Crippen molar-refractivity contribution in [1.82, 2.24) is 15.2 Å². The summed E-state index contributed by atoms with van der Waals surface area (Å²) in [6.07, 6.45) is 2.98. The normalized spacial score (nSPS) is 12.1. The Kier molecular flexibility index (Phi) is 6.82. The summed E-state index contributed by atoms with van der Waals surface area (Å²) in [6, 6.07) is 22.5. The number of benzene rings is 2. The van der Waals surface area contributed by atoms with Gasteiger partial charge in [0.25, 0.3) is 5.91 Å². The fourth-order valence-corrected chi connectivity index (χ4v) is 3.61. The summed E-state index contributed by atoms with van der Waals surface area (Å²) in [5.41, 5.74) is 3.96. The highest BCUT2D eigenvalue weighted by Gasteiger charge is 2.21. The number of furan rings is 1. The van der Waals surface area contributed by atoms with E-state index < -0.39 is 0 Å². The molecule has 0 spiro atoms. The summed E-state index contributed by atoms with van der Waals surface area (Å²) in [6.45, 7) is 5.82. The molecule has 2 heterocycles. The molecular weight excluding hydrogens is 402 g/mol. The minimum Gasteiger partial charge on any atom is -0.467 e. The Morgan fingerprint density at radius 3 is 2.53 bits per heavy atom. The van der Waals surface area contributed by atoms with Crippen LogP contribution in [0.2, 0.25) is 0 Å². The zero-order chi connectivity index (χ0) is 22.3. The van der Waals surface area contributed by atoms with E-state index in [0.717, 1.165) is 6.54 Å². The molecule has 2 aromatic heterocycles. The van der Waals surface area contributed by atoms with Gasteiger partial charge in [0.15, 0.2) is 5.69 Å². The summed E-state index contributed by atoms with van der Waals surface area (Å²) < 4.78 is 10.9. The van der Waals surface area contributed by atoms with E-state index in [2.05, 4.69) is 59.4 Å². The fraction of sp³-hybridized carbons (Fsp3) is 0.231. The first kappa shape index (κ1) is 21.6. The Balaban J connectivity index is 1.49. The number of aryl methyl sites for hydroxylation is 1. The maximum absolute atomic E-state index is 12.4. The van der Waals surface area contributed by atoms with Gasteiger partial charge in [-0.2, -0.15) is 0 Å². The standard InChI is InChI=1S/C26H27N3O3/c1-19-9-6-7-12-22(19)16-29(20(2)21-10-4-3-5-11-21)17-25-28-24(18-32-25)26(30)27-15-23-13-8-14-31-23/h3-14,18,20H,15-17H2,1-2H3,(H,27,30)/t20-/m1/s1. The van der Waals surface area contributed by atoms with Crippen LogP contribution in [0.25, 0.3) is 0 Å². The number of amides is 1. The first-order chi connectivity index (χ1) is 15.6. The van der Waals surface area contributed by atoms with E-state index in [0.29, 0.717) is 24.7 Å². The van der Waals surface area contributed by atoms with Gasteiger partial charge in [-0.05, 0) is 42.7 Å². The van der Waals surface area contributed by atoms with Crippen LogP contribution in [0.3, 0.4) is 0 Å². The molecule has 0 aliphatic heterocycles. The molecule has 1 amide bonds. The number of hydrogen-bond donors (Lipinski definition) is 1. The summed E-state index contributed by atoms with van der Waals surface area (Å²) >= 11 is 0. The third kappa shape index (κ3) is 5.34. The molecule has 0 unspecified atom stereocenters. The molecule has 0 saturated carbocycles. The van der Waals surface area contributed by atoms with Gasteiger partial charge in [0.05, 0.1) is 19.4 Å². The van der Waals surface area contributed by atoms with Crippen LogP contribution in [0.4, 0.5) is 0 Å². The maximum atomic E-state index is 12.4. The van der Waals surface area contributed by atoms with E-state index in [1.165, 1.54) is 23.0 Å². The van der Waals surface area contributed by atoms with Gasteiger partial charge >= 0.3 is 0 Å². The predicted molar refractivity (Wildman–Crippen MR) is 122 cm³/mol. The molecule has 32 heavy (non-hydrogen) atoms. The minimum atomic E-state index is -0.294. The second-order valence-electron chi connectivity index (χ2n) is 7.81. The van der Waals surface area contributed by atoms with Crippen molar-refractivity contribution in [3.8, 4) is 0 Å². The number of oxazole rings is 1. The lowest BCUT2D eigenvalue weighted by molar-refractivity contribution is 0.0943. The highest BCUT2D eigenvalue weighted by molar-refractivity contribution is 5.91. The molecule has 4 aromatic rings. The molecule has 2 aromatic carbocycles. The van der Waals surface area contributed by atoms with Crippen LogP contribution in [0.15, 0.2) is 88.1 Å². The van der Waals surface area contributed by atoms with E-state index in [-0.39, 0.29) is 17.6 Å². The number of rotatable bonds is 9. The van der Waals surface area contributed by atoms with E-state index in [4.69, 9.17) is 8.83 Å². The first-order valence-corrected chi connectivity index (χ1v) is 10.7. The molecular formula is C26H27N3O3. The number of aromatic nitrogens is 1. The van der Waals surface area contributed by atoms with Crippen molar-refractivity contribution in [1.29, 1.82) is 0 Å². The lowest BCUT2D eigenvalue weighted by Crippen LogP contribution is -2.27. The number of hydrogen-bond acceptors (Lipinski definition) is 5. The van der Waals surface area contributed by atoms with E-state index in [1.54, 1.807) is 12.3 Å². The topological polar surface area (TPSA) is 71.5 Å². The summed E-state index contributed by atoms with van der Waals surface area (Å²) in [7, 11) is 0. The molecule has 4 rings (SSSR count). The minimum absolute atomic E-state index is 0.138. The molecule has 6 nitrogen and oxygen atoms in total. The lowest BCUT2D eigenvalue weighted by atomic mass is 10.0. The molecule has 0 aliphatic carbocycles. The third-order valence-corrected chi connectivity index (χ3v) is 5.59. The first-order valence-electron chi connectivity index (χ1n) is 10.7. The maximum Gasteiger partial charge on any atom is 0.273 e. The predicted octanol–water partition coefficient (Wildman–Crippen LogP) is 5.27. The van der Waals surface area contributed by atoms with Crippen molar-refractivity contribution in [2.45, 2.75) is 39.5 Å². The third-order valence-electron chi connectivity index (χ3n) is 5.59. The van der Waals surface area contributed by atoms with Crippen LogP contribution >= 0.6 is 0 Å².